The Morgan fingerprint density at radius 3 is 1.10 bits per heavy atom. The Morgan fingerprint density at radius 1 is 0.330 bits per heavy atom. The van der Waals surface area contributed by atoms with E-state index in [1.165, 1.54) is 11.1 Å². The molecule has 16 rings (SSSR count). The van der Waals surface area contributed by atoms with Gasteiger partial charge in [-0.2, -0.15) is 0 Å². The minimum Gasteiger partial charge on any atom is -0.310 e. The number of hydrogen-bond acceptors (Lipinski definition) is 4. The molecule has 11 aromatic carbocycles. The Kier molecular flexibility index (Phi) is 12.9. The zero-order valence-corrected chi connectivity index (χ0v) is 54.6. The Balaban J connectivity index is 1.12. The first-order chi connectivity index (χ1) is 47.2. The molecule has 5 nitrogen and oxygen atoms in total. The molecule has 3 aromatic heterocycles. The maximum absolute atomic E-state index is 10.1. The van der Waals surface area contributed by atoms with Crippen molar-refractivity contribution in [1.82, 2.24) is 14.5 Å². The SMILES string of the molecule is [2H]c1c([2H])c([2H])c2c(c1[2H])c1cc(C(C)(C)C)ccc1n2-c1cc2c3c(c1)N(c1c(-c4ccccc4)cncc1-c1ccccc1)c1cc(-c4ccc(C(C)(C)C)cc4)ccc1B3c1ccc(-c3ccc(C(C)(C)C)cc3)cc1N2c1c(-c2ccccc2)cncc1-c1ccccc1. The lowest BCUT2D eigenvalue weighted by molar-refractivity contribution is 0.590. The van der Waals surface area contributed by atoms with Crippen molar-refractivity contribution in [3.8, 4) is 72.4 Å². The average molecular weight is 1220 g/mol. The molecule has 0 radical (unpaired) electrons. The Hall–Kier alpha value is -10.8. The predicted octanol–water partition coefficient (Wildman–Crippen LogP) is 21.6. The highest BCUT2D eigenvalue weighted by atomic mass is 15.2. The van der Waals surface area contributed by atoms with Gasteiger partial charge in [0.1, 0.15) is 0 Å². The fourth-order valence-corrected chi connectivity index (χ4v) is 14.4. The quantitative estimate of drug-likeness (QED) is 0.135. The van der Waals surface area contributed by atoms with Gasteiger partial charge in [0.05, 0.1) is 33.6 Å². The Bertz CT molecular complexity index is 5110. The van der Waals surface area contributed by atoms with Crippen LogP contribution in [0.4, 0.5) is 34.1 Å². The first-order valence-corrected chi connectivity index (χ1v) is 32.7. The molecular weight excluding hydrogens is 1140 g/mol. The summed E-state index contributed by atoms with van der Waals surface area (Å²) < 4.78 is 41.0. The number of fused-ring (bicyclic) bond motifs is 7. The second-order valence-electron chi connectivity index (χ2n) is 28.4. The fraction of sp³-hybridized carbons (Fsp3) is 0.136. The van der Waals surface area contributed by atoms with E-state index < -0.39 is 0 Å². The second-order valence-corrected chi connectivity index (χ2v) is 28.4. The third-order valence-electron chi connectivity index (χ3n) is 19.4. The van der Waals surface area contributed by atoms with Crippen LogP contribution in [-0.2, 0) is 16.2 Å². The highest BCUT2D eigenvalue weighted by Crippen LogP contribution is 2.54. The van der Waals surface area contributed by atoms with Crippen molar-refractivity contribution in [1.29, 1.82) is 0 Å². The van der Waals surface area contributed by atoms with E-state index in [4.69, 9.17) is 9.97 Å². The molecule has 5 heterocycles. The van der Waals surface area contributed by atoms with Gasteiger partial charge < -0.3 is 14.4 Å². The van der Waals surface area contributed by atoms with Crippen LogP contribution in [0.1, 0.15) is 84.5 Å². The zero-order valence-electron chi connectivity index (χ0n) is 58.6. The van der Waals surface area contributed by atoms with Gasteiger partial charge in [0.15, 0.2) is 0 Å². The number of rotatable bonds is 9. The number of aromatic nitrogens is 3. The zero-order chi connectivity index (χ0) is 67.7. The molecule has 2 aliphatic heterocycles. The number of benzene rings is 11. The maximum Gasteiger partial charge on any atom is 0.252 e. The van der Waals surface area contributed by atoms with Gasteiger partial charge in [0.2, 0.25) is 0 Å². The number of nitrogens with zero attached hydrogens (tertiary/aromatic N) is 5. The van der Waals surface area contributed by atoms with Crippen LogP contribution in [0.3, 0.4) is 0 Å². The van der Waals surface area contributed by atoms with Crippen molar-refractivity contribution in [2.24, 2.45) is 0 Å². The van der Waals surface area contributed by atoms with Gasteiger partial charge in [-0.05, 0) is 136 Å². The summed E-state index contributed by atoms with van der Waals surface area (Å²) >= 11 is 0. The van der Waals surface area contributed by atoms with E-state index in [1.54, 1.807) is 0 Å². The topological polar surface area (TPSA) is 37.2 Å². The Labute approximate surface area is 559 Å². The first kappa shape index (κ1) is 53.8. The molecule has 0 aliphatic carbocycles. The third kappa shape index (κ3) is 9.94. The summed E-state index contributed by atoms with van der Waals surface area (Å²) in [5.41, 5.74) is 26.0. The summed E-state index contributed by atoms with van der Waals surface area (Å²) in [5, 5.41) is 1.21. The third-order valence-corrected chi connectivity index (χ3v) is 19.4. The predicted molar refractivity (Wildman–Crippen MR) is 399 cm³/mol. The van der Waals surface area contributed by atoms with E-state index in [1.807, 2.05) is 24.8 Å². The molecule has 2 aliphatic rings. The summed E-state index contributed by atoms with van der Waals surface area (Å²) in [7, 11) is 0. The molecule has 0 atom stereocenters. The van der Waals surface area contributed by atoms with Gasteiger partial charge in [-0.3, -0.25) is 9.97 Å². The molecule has 0 unspecified atom stereocenters. The summed E-state index contributed by atoms with van der Waals surface area (Å²) in [6, 6.07) is 84.9. The second kappa shape index (κ2) is 22.5. The van der Waals surface area contributed by atoms with Crippen molar-refractivity contribution in [3.05, 3.63) is 302 Å². The highest BCUT2D eigenvalue weighted by molar-refractivity contribution is 7.00. The molecule has 0 amide bonds. The minimum atomic E-state index is -0.365. The van der Waals surface area contributed by atoms with Crippen LogP contribution in [-0.4, -0.2) is 21.2 Å². The first-order valence-electron chi connectivity index (χ1n) is 34.7. The van der Waals surface area contributed by atoms with E-state index in [0.717, 1.165) is 134 Å². The average Bonchev–Trinajstić information content (AvgIpc) is 0.822. The number of anilines is 6. The molecule has 6 heteroatoms. The number of para-hydroxylation sites is 1. The largest absolute Gasteiger partial charge is 0.310 e. The van der Waals surface area contributed by atoms with Gasteiger partial charge >= 0.3 is 0 Å². The molecular formula is C88H74BN5. The molecule has 14 aromatic rings. The normalized spacial score (nSPS) is 13.5. The standard InChI is InChI=1S/C88H74BN5/c1-86(2,3)65-40-34-57(35-41-65)63-38-45-75-79(48-63)93(84-71(59-24-14-10-15-25-59)53-90-54-72(84)60-26-16-11-17-27-60)81-51-68(92-77-33-23-22-32-69(77)70-50-67(88(7,8)9)44-47-78(70)92)52-82-83(81)89(75)76-46-39-64(58-36-42-66(43-37-58)87(4,5)6)49-80(76)94(82)85-73(61-28-18-12-19-29-61)55-91-56-74(85)62-30-20-13-21-31-62/h10-56H,1-9H3/i22D,23D,32D,33D. The van der Waals surface area contributed by atoms with Crippen molar-refractivity contribution in [3.63, 3.8) is 0 Å². The van der Waals surface area contributed by atoms with Crippen LogP contribution in [0.5, 0.6) is 0 Å². The molecule has 0 saturated heterocycles. The van der Waals surface area contributed by atoms with Crippen molar-refractivity contribution < 1.29 is 5.48 Å². The van der Waals surface area contributed by atoms with Crippen molar-refractivity contribution in [2.45, 2.75) is 78.6 Å². The van der Waals surface area contributed by atoms with Crippen molar-refractivity contribution >= 4 is 79.0 Å². The molecule has 0 N–H and O–H groups in total. The van der Waals surface area contributed by atoms with Crippen LogP contribution in [0.2, 0.25) is 0 Å². The Morgan fingerprint density at radius 2 is 0.702 bits per heavy atom. The fourth-order valence-electron chi connectivity index (χ4n) is 14.4. The number of hydrogen-bond donors (Lipinski definition) is 0. The van der Waals surface area contributed by atoms with Gasteiger partial charge in [0, 0.05) is 80.6 Å². The smallest absolute Gasteiger partial charge is 0.252 e. The summed E-state index contributed by atoms with van der Waals surface area (Å²) in [5.74, 6) is 0. The minimum absolute atomic E-state index is 0.0503. The van der Waals surface area contributed by atoms with Crippen LogP contribution in [0.15, 0.2) is 286 Å². The summed E-state index contributed by atoms with van der Waals surface area (Å²) in [6.07, 6.45) is 8.04. The number of pyridine rings is 2. The van der Waals surface area contributed by atoms with E-state index in [0.29, 0.717) is 16.6 Å². The molecule has 0 bridgehead atoms. The lowest BCUT2D eigenvalue weighted by Crippen LogP contribution is -2.61. The van der Waals surface area contributed by atoms with Crippen LogP contribution < -0.4 is 26.2 Å². The lowest BCUT2D eigenvalue weighted by Gasteiger charge is -2.46. The van der Waals surface area contributed by atoms with Gasteiger partial charge in [-0.25, -0.2) is 0 Å². The van der Waals surface area contributed by atoms with E-state index in [-0.39, 0.29) is 47.1 Å². The molecule has 0 fully saturated rings. The van der Waals surface area contributed by atoms with Crippen LogP contribution in [0, 0.1) is 0 Å². The van der Waals surface area contributed by atoms with Gasteiger partial charge in [-0.1, -0.05) is 281 Å². The molecule has 0 saturated carbocycles. The van der Waals surface area contributed by atoms with Gasteiger partial charge in [-0.15, -0.1) is 0 Å². The monoisotopic (exact) mass is 1220 g/mol. The molecule has 0 spiro atoms. The van der Waals surface area contributed by atoms with E-state index in [9.17, 15) is 5.48 Å². The highest BCUT2D eigenvalue weighted by Gasteiger charge is 2.46. The van der Waals surface area contributed by atoms with E-state index in [2.05, 4.69) is 313 Å². The summed E-state index contributed by atoms with van der Waals surface area (Å²) in [6.45, 7) is 19.7. The molecule has 454 valence electrons. The van der Waals surface area contributed by atoms with Crippen LogP contribution in [0.25, 0.3) is 94.3 Å². The van der Waals surface area contributed by atoms with E-state index >= 15 is 0 Å². The van der Waals surface area contributed by atoms with Gasteiger partial charge in [0.25, 0.3) is 6.71 Å². The maximum atomic E-state index is 10.1. The van der Waals surface area contributed by atoms with Crippen molar-refractivity contribution in [2.75, 3.05) is 9.80 Å². The van der Waals surface area contributed by atoms with Crippen LogP contribution >= 0.6 is 0 Å². The molecule has 94 heavy (non-hydrogen) atoms. The lowest BCUT2D eigenvalue weighted by atomic mass is 9.33. The summed E-state index contributed by atoms with van der Waals surface area (Å²) in [4.78, 5) is 15.3.